The summed E-state index contributed by atoms with van der Waals surface area (Å²) in [5.41, 5.74) is 3.80. The molecule has 3 heteroatoms. The van der Waals surface area contributed by atoms with E-state index in [-0.39, 0.29) is 12.0 Å². The summed E-state index contributed by atoms with van der Waals surface area (Å²) in [5, 5.41) is 9.37. The predicted molar refractivity (Wildman–Crippen MR) is 83.9 cm³/mol. The lowest BCUT2D eigenvalue weighted by atomic mass is 9.83. The summed E-state index contributed by atoms with van der Waals surface area (Å²) in [6.45, 7) is 10.9. The molecule has 2 heterocycles. The molecule has 0 aromatic carbocycles. The maximum absolute atomic E-state index is 9.37. The molecular formula is C17H26N2O. The van der Waals surface area contributed by atoms with E-state index in [9.17, 15) is 5.11 Å². The van der Waals surface area contributed by atoms with Crippen LogP contribution in [0.3, 0.4) is 0 Å². The summed E-state index contributed by atoms with van der Waals surface area (Å²) in [4.78, 5) is 7.00. The number of pyridine rings is 1. The summed E-state index contributed by atoms with van der Waals surface area (Å²) in [5.74, 6) is 0.998. The molecule has 1 aromatic rings. The SMILES string of the molecule is CCc1cc(CO)cc(N2CC=C(C(C)(C)C)CC2)n1. The van der Waals surface area contributed by atoms with Gasteiger partial charge in [-0.15, -0.1) is 0 Å². The minimum atomic E-state index is 0.0828. The molecule has 1 N–H and O–H groups in total. The highest BCUT2D eigenvalue weighted by Gasteiger charge is 2.22. The van der Waals surface area contributed by atoms with Crippen LogP contribution in [0.2, 0.25) is 0 Å². The fourth-order valence-electron chi connectivity index (χ4n) is 2.63. The normalized spacial score (nSPS) is 16.2. The van der Waals surface area contributed by atoms with Crippen LogP contribution in [-0.2, 0) is 13.0 Å². The Morgan fingerprint density at radius 1 is 1.30 bits per heavy atom. The lowest BCUT2D eigenvalue weighted by Gasteiger charge is -2.33. The van der Waals surface area contributed by atoms with Crippen molar-refractivity contribution in [3.63, 3.8) is 0 Å². The van der Waals surface area contributed by atoms with Gasteiger partial charge in [-0.1, -0.05) is 39.3 Å². The molecule has 20 heavy (non-hydrogen) atoms. The van der Waals surface area contributed by atoms with E-state index in [2.05, 4.69) is 38.7 Å². The second kappa shape index (κ2) is 5.96. The van der Waals surface area contributed by atoms with Gasteiger partial charge in [0.25, 0.3) is 0 Å². The van der Waals surface area contributed by atoms with Crippen molar-refractivity contribution in [3.05, 3.63) is 35.0 Å². The van der Waals surface area contributed by atoms with Gasteiger partial charge in [-0.2, -0.15) is 0 Å². The summed E-state index contributed by atoms with van der Waals surface area (Å²) in [7, 11) is 0. The van der Waals surface area contributed by atoms with Gasteiger partial charge in [0, 0.05) is 18.8 Å². The van der Waals surface area contributed by atoms with E-state index in [0.29, 0.717) is 0 Å². The maximum Gasteiger partial charge on any atom is 0.129 e. The number of anilines is 1. The van der Waals surface area contributed by atoms with Gasteiger partial charge in [0.2, 0.25) is 0 Å². The molecule has 1 aliphatic rings. The van der Waals surface area contributed by atoms with E-state index in [4.69, 9.17) is 4.98 Å². The number of hydrogen-bond acceptors (Lipinski definition) is 3. The van der Waals surface area contributed by atoms with Crippen LogP contribution in [0.15, 0.2) is 23.8 Å². The minimum absolute atomic E-state index is 0.0828. The molecule has 0 amide bonds. The van der Waals surface area contributed by atoms with Crippen molar-refractivity contribution in [2.75, 3.05) is 18.0 Å². The van der Waals surface area contributed by atoms with Crippen LogP contribution in [0, 0.1) is 5.41 Å². The van der Waals surface area contributed by atoms with Crippen LogP contribution in [0.25, 0.3) is 0 Å². The third-order valence-electron chi connectivity index (χ3n) is 3.97. The second-order valence-electron chi connectivity index (χ2n) is 6.51. The first-order chi connectivity index (χ1) is 9.44. The van der Waals surface area contributed by atoms with Crippen molar-refractivity contribution in [1.29, 1.82) is 0 Å². The molecule has 0 saturated carbocycles. The highest BCUT2D eigenvalue weighted by molar-refractivity contribution is 5.45. The fraction of sp³-hybridized carbons (Fsp3) is 0.588. The minimum Gasteiger partial charge on any atom is -0.392 e. The molecule has 1 aromatic heterocycles. The molecule has 0 aliphatic carbocycles. The molecule has 2 rings (SSSR count). The van der Waals surface area contributed by atoms with Crippen molar-refractivity contribution < 1.29 is 5.11 Å². The quantitative estimate of drug-likeness (QED) is 0.859. The van der Waals surface area contributed by atoms with E-state index in [1.807, 2.05) is 12.1 Å². The van der Waals surface area contributed by atoms with Crippen molar-refractivity contribution in [1.82, 2.24) is 4.98 Å². The lowest BCUT2D eigenvalue weighted by Crippen LogP contribution is -2.32. The van der Waals surface area contributed by atoms with Crippen molar-refractivity contribution in [3.8, 4) is 0 Å². The molecule has 1 aliphatic heterocycles. The second-order valence-corrected chi connectivity index (χ2v) is 6.51. The first-order valence-corrected chi connectivity index (χ1v) is 7.49. The van der Waals surface area contributed by atoms with Crippen molar-refractivity contribution in [2.45, 2.75) is 47.1 Å². The molecular weight excluding hydrogens is 248 g/mol. The largest absolute Gasteiger partial charge is 0.392 e. The van der Waals surface area contributed by atoms with E-state index < -0.39 is 0 Å². The Morgan fingerprint density at radius 3 is 2.55 bits per heavy atom. The van der Waals surface area contributed by atoms with Gasteiger partial charge in [0.05, 0.1) is 6.61 Å². The Morgan fingerprint density at radius 2 is 2.05 bits per heavy atom. The van der Waals surface area contributed by atoms with Crippen LogP contribution in [0.1, 0.15) is 45.4 Å². The maximum atomic E-state index is 9.37. The van der Waals surface area contributed by atoms with Crippen LogP contribution < -0.4 is 4.90 Å². The highest BCUT2D eigenvalue weighted by atomic mass is 16.3. The Balaban J connectivity index is 2.20. The zero-order valence-corrected chi connectivity index (χ0v) is 13.1. The Bertz CT molecular complexity index is 478. The molecule has 0 radical (unpaired) electrons. The average molecular weight is 274 g/mol. The predicted octanol–water partition coefficient (Wildman–Crippen LogP) is 3.32. The molecule has 3 nitrogen and oxygen atoms in total. The monoisotopic (exact) mass is 274 g/mol. The number of aryl methyl sites for hydroxylation is 1. The molecule has 0 saturated heterocycles. The lowest BCUT2D eigenvalue weighted by molar-refractivity contribution is 0.281. The smallest absolute Gasteiger partial charge is 0.129 e. The topological polar surface area (TPSA) is 36.4 Å². The van der Waals surface area contributed by atoms with Gasteiger partial charge in [-0.05, 0) is 36.0 Å². The van der Waals surface area contributed by atoms with Crippen molar-refractivity contribution in [2.24, 2.45) is 5.41 Å². The number of aliphatic hydroxyl groups is 1. The number of aliphatic hydroxyl groups excluding tert-OH is 1. The highest BCUT2D eigenvalue weighted by Crippen LogP contribution is 2.31. The van der Waals surface area contributed by atoms with E-state index in [0.717, 1.165) is 43.0 Å². The molecule has 0 spiro atoms. The number of rotatable bonds is 3. The molecule has 0 atom stereocenters. The van der Waals surface area contributed by atoms with E-state index >= 15 is 0 Å². The molecule has 0 unspecified atom stereocenters. The average Bonchev–Trinajstić information content (AvgIpc) is 2.46. The van der Waals surface area contributed by atoms with Gasteiger partial charge in [0.1, 0.15) is 5.82 Å². The summed E-state index contributed by atoms with van der Waals surface area (Å²) >= 11 is 0. The third-order valence-corrected chi connectivity index (χ3v) is 3.97. The summed E-state index contributed by atoms with van der Waals surface area (Å²) in [6, 6.07) is 4.00. The third kappa shape index (κ3) is 3.40. The molecule has 0 bridgehead atoms. The van der Waals surface area contributed by atoms with Gasteiger partial charge in [0.15, 0.2) is 0 Å². The van der Waals surface area contributed by atoms with E-state index in [1.54, 1.807) is 0 Å². The van der Waals surface area contributed by atoms with Gasteiger partial charge >= 0.3 is 0 Å². The van der Waals surface area contributed by atoms with Crippen LogP contribution in [-0.4, -0.2) is 23.2 Å². The zero-order valence-electron chi connectivity index (χ0n) is 13.1. The van der Waals surface area contributed by atoms with Crippen molar-refractivity contribution >= 4 is 5.82 Å². The van der Waals surface area contributed by atoms with Crippen LogP contribution >= 0.6 is 0 Å². The van der Waals surface area contributed by atoms with Crippen LogP contribution in [0.4, 0.5) is 5.82 Å². The standard InChI is InChI=1S/C17H26N2O/c1-5-15-10-13(12-20)11-16(18-15)19-8-6-14(7-9-19)17(2,3)4/h6,10-11,20H,5,7-9,12H2,1-4H3. The van der Waals surface area contributed by atoms with Crippen LogP contribution in [0.5, 0.6) is 0 Å². The van der Waals surface area contributed by atoms with Gasteiger partial charge in [-0.25, -0.2) is 4.98 Å². The fourth-order valence-corrected chi connectivity index (χ4v) is 2.63. The summed E-state index contributed by atoms with van der Waals surface area (Å²) in [6.07, 6.45) is 4.33. The molecule has 0 fully saturated rings. The Labute approximate surface area is 122 Å². The Hall–Kier alpha value is -1.35. The Kier molecular flexibility index (Phi) is 4.48. The first kappa shape index (κ1) is 15.0. The summed E-state index contributed by atoms with van der Waals surface area (Å²) < 4.78 is 0. The van der Waals surface area contributed by atoms with Gasteiger partial charge < -0.3 is 10.0 Å². The number of nitrogens with zero attached hydrogens (tertiary/aromatic N) is 2. The van der Waals surface area contributed by atoms with E-state index in [1.165, 1.54) is 5.57 Å². The number of hydrogen-bond donors (Lipinski definition) is 1. The van der Waals surface area contributed by atoms with Gasteiger partial charge in [-0.3, -0.25) is 0 Å². The molecule has 110 valence electrons. The zero-order chi connectivity index (χ0) is 14.8. The first-order valence-electron chi connectivity index (χ1n) is 7.49. The number of aromatic nitrogens is 1.